The second kappa shape index (κ2) is 8.07. The molecule has 1 aromatic carbocycles. The van der Waals surface area contributed by atoms with Crippen LogP contribution in [0.2, 0.25) is 5.02 Å². The van der Waals surface area contributed by atoms with Crippen LogP contribution in [0, 0.1) is 12.8 Å². The zero-order chi connectivity index (χ0) is 14.7. The fourth-order valence-electron chi connectivity index (χ4n) is 1.80. The van der Waals surface area contributed by atoms with Gasteiger partial charge in [-0.3, -0.25) is 4.98 Å². The summed E-state index contributed by atoms with van der Waals surface area (Å²) < 4.78 is 0. The van der Waals surface area contributed by atoms with Crippen molar-refractivity contribution in [3.63, 3.8) is 0 Å². The Hall–Kier alpha value is -0.706. The second-order valence-electron chi connectivity index (χ2n) is 4.95. The molecule has 0 spiro atoms. The van der Waals surface area contributed by atoms with E-state index in [4.69, 9.17) is 11.6 Å². The molecule has 1 aromatic heterocycles. The number of hydrogen-bond acceptors (Lipinski definition) is 4. The van der Waals surface area contributed by atoms with Crippen molar-refractivity contribution >= 4 is 17.5 Å². The molecular weight excluding hydrogens is 361 g/mol. The summed E-state index contributed by atoms with van der Waals surface area (Å²) in [6.45, 7) is 7.90. The normalized spacial score (nSPS) is 11.5. The number of nitrogens with one attached hydrogen (secondary N) is 1. The maximum Gasteiger partial charge on any atom is 0.224 e. The standard InChI is InChI=1S/C15H18ClN4.Y/c1-9(2)14-18-11(4)19-15(20-14)17-10(3)12-5-7-13(16)8-6-12;/h5-8,10H,1-4H3,(H,17,18,19,20);/q-1;. The number of nitrogens with zero attached hydrogens (tertiary/aromatic N) is 3. The molecule has 0 fully saturated rings. The van der Waals surface area contributed by atoms with Gasteiger partial charge in [0.25, 0.3) is 0 Å². The maximum absolute atomic E-state index is 5.90. The quantitative estimate of drug-likeness (QED) is 0.818. The van der Waals surface area contributed by atoms with E-state index in [1.165, 1.54) is 0 Å². The monoisotopic (exact) mass is 378 g/mol. The minimum absolute atomic E-state index is 0. The summed E-state index contributed by atoms with van der Waals surface area (Å²) in [6.07, 6.45) is 0. The number of benzene rings is 1. The van der Waals surface area contributed by atoms with Crippen LogP contribution >= 0.6 is 11.6 Å². The summed E-state index contributed by atoms with van der Waals surface area (Å²) in [5.41, 5.74) is 1.13. The number of aryl methyl sites for hydroxylation is 1. The predicted molar refractivity (Wildman–Crippen MR) is 81.7 cm³/mol. The molecule has 0 saturated carbocycles. The average Bonchev–Trinajstić information content (AvgIpc) is 2.38. The van der Waals surface area contributed by atoms with E-state index in [9.17, 15) is 0 Å². The van der Waals surface area contributed by atoms with Gasteiger partial charge >= 0.3 is 0 Å². The summed E-state index contributed by atoms with van der Waals surface area (Å²) in [5.74, 6) is 3.10. The summed E-state index contributed by atoms with van der Waals surface area (Å²) >= 11 is 5.90. The first kappa shape index (κ1) is 18.3. The summed E-state index contributed by atoms with van der Waals surface area (Å²) in [5, 5.41) is 4.03. The Bertz CT molecular complexity index is 587. The molecule has 2 aromatic rings. The molecule has 0 aliphatic heterocycles. The van der Waals surface area contributed by atoms with E-state index in [0.29, 0.717) is 11.8 Å². The first-order valence-electron chi connectivity index (χ1n) is 6.51. The molecule has 1 radical (unpaired) electrons. The molecule has 0 saturated heterocycles. The first-order valence-corrected chi connectivity index (χ1v) is 6.88. The molecular formula is C15H18ClN4Y-. The average molecular weight is 379 g/mol. The largest absolute Gasteiger partial charge is 0.348 e. The van der Waals surface area contributed by atoms with Gasteiger partial charge in [0.15, 0.2) is 0 Å². The molecule has 6 heteroatoms. The van der Waals surface area contributed by atoms with E-state index in [0.717, 1.165) is 22.3 Å². The van der Waals surface area contributed by atoms with Crippen molar-refractivity contribution in [2.45, 2.75) is 33.7 Å². The Morgan fingerprint density at radius 3 is 2.29 bits per heavy atom. The topological polar surface area (TPSA) is 50.7 Å². The smallest absolute Gasteiger partial charge is 0.224 e. The van der Waals surface area contributed by atoms with Gasteiger partial charge in [-0.2, -0.15) is 18.8 Å². The van der Waals surface area contributed by atoms with E-state index in [2.05, 4.69) is 27.2 Å². The van der Waals surface area contributed by atoms with Crippen LogP contribution < -0.4 is 5.32 Å². The molecule has 1 N–H and O–H groups in total. The molecule has 1 atom stereocenters. The third kappa shape index (κ3) is 5.21. The third-order valence-electron chi connectivity index (χ3n) is 2.91. The molecule has 109 valence electrons. The Labute approximate surface area is 156 Å². The van der Waals surface area contributed by atoms with E-state index >= 15 is 0 Å². The van der Waals surface area contributed by atoms with Crippen LogP contribution in [-0.4, -0.2) is 15.0 Å². The van der Waals surface area contributed by atoms with Gasteiger partial charge in [0.1, 0.15) is 5.82 Å². The van der Waals surface area contributed by atoms with E-state index in [-0.39, 0.29) is 38.8 Å². The minimum atomic E-state index is 0. The van der Waals surface area contributed by atoms with Crippen LogP contribution in [0.3, 0.4) is 0 Å². The van der Waals surface area contributed by atoms with Crippen LogP contribution in [0.15, 0.2) is 24.3 Å². The van der Waals surface area contributed by atoms with Crippen LogP contribution in [0.1, 0.15) is 44.0 Å². The minimum Gasteiger partial charge on any atom is -0.348 e. The SMILES string of the molecule is Cc1nc(NC(C)c2ccc(Cl)cc2)nc([C-](C)C)n1.[Y]. The molecule has 0 bridgehead atoms. The Kier molecular flexibility index (Phi) is 7.05. The van der Waals surface area contributed by atoms with Gasteiger partial charge in [-0.05, 0) is 31.5 Å². The van der Waals surface area contributed by atoms with Gasteiger partial charge in [-0.15, -0.1) is 0 Å². The molecule has 1 unspecified atom stereocenters. The first-order chi connectivity index (χ1) is 9.45. The molecule has 0 aliphatic carbocycles. The number of halogens is 1. The molecule has 21 heavy (non-hydrogen) atoms. The molecule has 1 heterocycles. The van der Waals surface area contributed by atoms with Crippen molar-refractivity contribution in [2.75, 3.05) is 5.32 Å². The summed E-state index contributed by atoms with van der Waals surface area (Å²) in [4.78, 5) is 13.1. The molecule has 2 rings (SSSR count). The van der Waals surface area contributed by atoms with Crippen molar-refractivity contribution in [2.24, 2.45) is 0 Å². The van der Waals surface area contributed by atoms with Crippen LogP contribution in [0.25, 0.3) is 0 Å². The zero-order valence-corrected chi connectivity index (χ0v) is 16.3. The van der Waals surface area contributed by atoms with E-state index < -0.39 is 0 Å². The van der Waals surface area contributed by atoms with Gasteiger partial charge in [-0.1, -0.05) is 23.7 Å². The fraction of sp³-hybridized carbons (Fsp3) is 0.333. The van der Waals surface area contributed by atoms with Crippen molar-refractivity contribution in [1.82, 2.24) is 15.0 Å². The van der Waals surface area contributed by atoms with E-state index in [1.54, 1.807) is 0 Å². The predicted octanol–water partition coefficient (Wildman–Crippen LogP) is 3.97. The van der Waals surface area contributed by atoms with Crippen molar-refractivity contribution in [1.29, 1.82) is 0 Å². The van der Waals surface area contributed by atoms with Crippen molar-refractivity contribution in [3.8, 4) is 0 Å². The number of anilines is 1. The number of aromatic nitrogens is 3. The number of hydrogen-bond donors (Lipinski definition) is 1. The van der Waals surface area contributed by atoms with Crippen LogP contribution in [-0.2, 0) is 32.7 Å². The van der Waals surface area contributed by atoms with Crippen molar-refractivity contribution < 1.29 is 32.7 Å². The van der Waals surface area contributed by atoms with E-state index in [1.807, 2.05) is 45.0 Å². The molecule has 4 nitrogen and oxygen atoms in total. The van der Waals surface area contributed by atoms with Crippen LogP contribution in [0.5, 0.6) is 0 Å². The van der Waals surface area contributed by atoms with Crippen molar-refractivity contribution in [3.05, 3.63) is 52.4 Å². The molecule has 0 aliphatic rings. The fourth-order valence-corrected chi connectivity index (χ4v) is 1.92. The Morgan fingerprint density at radius 1 is 1.10 bits per heavy atom. The molecule has 0 amide bonds. The number of rotatable bonds is 4. The Morgan fingerprint density at radius 2 is 1.71 bits per heavy atom. The second-order valence-corrected chi connectivity index (χ2v) is 5.38. The van der Waals surface area contributed by atoms with Gasteiger partial charge in [0, 0.05) is 43.6 Å². The summed E-state index contributed by atoms with van der Waals surface area (Å²) in [6, 6.07) is 7.84. The van der Waals surface area contributed by atoms with Gasteiger partial charge in [0.2, 0.25) is 5.95 Å². The van der Waals surface area contributed by atoms with Gasteiger partial charge in [-0.25, -0.2) is 4.98 Å². The third-order valence-corrected chi connectivity index (χ3v) is 3.16. The maximum atomic E-state index is 5.90. The zero-order valence-electron chi connectivity index (χ0n) is 12.7. The van der Waals surface area contributed by atoms with Gasteiger partial charge < -0.3 is 11.2 Å². The summed E-state index contributed by atoms with van der Waals surface area (Å²) in [7, 11) is 0. The Balaban J connectivity index is 0.00000220. The van der Waals surface area contributed by atoms with Gasteiger partial charge in [0.05, 0.1) is 6.04 Å². The van der Waals surface area contributed by atoms with Crippen LogP contribution in [0.4, 0.5) is 5.95 Å².